The monoisotopic (exact) mass is 305 g/mol. The molecule has 1 aromatic carbocycles. The van der Waals surface area contributed by atoms with Gasteiger partial charge < -0.3 is 14.4 Å². The number of hydrogen-bond acceptors (Lipinski definition) is 5. The van der Waals surface area contributed by atoms with Crippen LogP contribution >= 0.6 is 0 Å². The van der Waals surface area contributed by atoms with E-state index < -0.39 is 11.9 Å². The van der Waals surface area contributed by atoms with Crippen molar-refractivity contribution in [1.29, 1.82) is 0 Å². The second kappa shape index (κ2) is 5.97. The lowest BCUT2D eigenvalue weighted by Crippen LogP contribution is -2.32. The number of anilines is 1. The molecule has 0 aliphatic carbocycles. The molecule has 1 aliphatic heterocycles. The molecule has 1 aliphatic rings. The van der Waals surface area contributed by atoms with Crippen LogP contribution < -0.4 is 14.4 Å². The van der Waals surface area contributed by atoms with Crippen LogP contribution in [0.4, 0.5) is 10.5 Å². The summed E-state index contributed by atoms with van der Waals surface area (Å²) in [5, 5.41) is 0. The van der Waals surface area contributed by atoms with Crippen molar-refractivity contribution in [3.05, 3.63) is 30.1 Å². The molecule has 0 aromatic heterocycles. The molecule has 0 saturated carbocycles. The first-order valence-electron chi connectivity index (χ1n) is 6.63. The Morgan fingerprint density at radius 1 is 1.09 bits per heavy atom. The number of carbonyl (C=O) groups is 2. The second-order valence-electron chi connectivity index (χ2n) is 4.97. The number of likely N-dealkylation sites (N-methyl/N-ethyl adjacent to an activating group) is 1. The highest BCUT2D eigenvalue weighted by Crippen LogP contribution is 2.41. The van der Waals surface area contributed by atoms with E-state index in [1.54, 1.807) is 50.4 Å². The maximum Gasteiger partial charge on any atom is 0.336 e. The molecular formula is C15H19N3O4. The summed E-state index contributed by atoms with van der Waals surface area (Å²) in [6.07, 6.45) is 1.60. The van der Waals surface area contributed by atoms with Gasteiger partial charge in [-0.2, -0.15) is 0 Å². The predicted octanol–water partition coefficient (Wildman–Crippen LogP) is 1.51. The molecule has 1 heterocycles. The highest BCUT2D eigenvalue weighted by Gasteiger charge is 2.42. The first-order chi connectivity index (χ1) is 10.4. The maximum atomic E-state index is 12.7. The van der Waals surface area contributed by atoms with E-state index in [0.29, 0.717) is 17.2 Å². The van der Waals surface area contributed by atoms with Gasteiger partial charge in [-0.15, -0.1) is 0 Å². The molecule has 1 fully saturated rings. The average molecular weight is 305 g/mol. The fraction of sp³-hybridized carbons (Fsp3) is 0.333. The van der Waals surface area contributed by atoms with Gasteiger partial charge in [-0.05, 0) is 12.1 Å². The van der Waals surface area contributed by atoms with Gasteiger partial charge in [0.1, 0.15) is 22.9 Å². The Bertz CT molecular complexity index is 617. The maximum absolute atomic E-state index is 12.7. The number of ether oxygens (including phenoxy) is 2. The summed E-state index contributed by atoms with van der Waals surface area (Å²) in [5.41, 5.74) is 0.583. The SMILES string of the molecule is COc1cccc(OC)c1N1C(=O)C(=CN(C)C)N(C)C1=O. The molecule has 0 atom stereocenters. The number of benzene rings is 1. The summed E-state index contributed by atoms with van der Waals surface area (Å²) in [7, 11) is 8.07. The molecule has 1 aromatic rings. The lowest BCUT2D eigenvalue weighted by molar-refractivity contribution is -0.114. The van der Waals surface area contributed by atoms with Crippen LogP contribution in [-0.2, 0) is 4.79 Å². The number of urea groups is 1. The largest absolute Gasteiger partial charge is 0.494 e. The number of carbonyl (C=O) groups excluding carboxylic acids is 2. The fourth-order valence-corrected chi connectivity index (χ4v) is 2.23. The van der Waals surface area contributed by atoms with Gasteiger partial charge in [0.15, 0.2) is 0 Å². The van der Waals surface area contributed by atoms with Crippen molar-refractivity contribution in [1.82, 2.24) is 9.80 Å². The predicted molar refractivity (Wildman–Crippen MR) is 82.0 cm³/mol. The average Bonchev–Trinajstić information content (AvgIpc) is 2.70. The van der Waals surface area contributed by atoms with Gasteiger partial charge >= 0.3 is 6.03 Å². The molecule has 0 bridgehead atoms. The molecule has 0 unspecified atom stereocenters. The zero-order valence-corrected chi connectivity index (χ0v) is 13.3. The highest BCUT2D eigenvalue weighted by atomic mass is 16.5. The summed E-state index contributed by atoms with van der Waals surface area (Å²) in [6, 6.07) is 4.62. The van der Waals surface area contributed by atoms with Crippen molar-refractivity contribution >= 4 is 17.6 Å². The third kappa shape index (κ3) is 2.45. The Kier molecular flexibility index (Phi) is 4.25. The molecule has 3 amide bonds. The Labute approximate surface area is 129 Å². The number of amides is 3. The Morgan fingerprint density at radius 2 is 1.64 bits per heavy atom. The zero-order chi connectivity index (χ0) is 16.4. The van der Waals surface area contributed by atoms with E-state index in [-0.39, 0.29) is 5.70 Å². The number of imide groups is 1. The van der Waals surface area contributed by atoms with Gasteiger partial charge in [-0.3, -0.25) is 9.69 Å². The topological polar surface area (TPSA) is 62.3 Å². The minimum atomic E-state index is -0.457. The summed E-state index contributed by atoms with van der Waals surface area (Å²) in [5.74, 6) is 0.352. The third-order valence-electron chi connectivity index (χ3n) is 3.27. The van der Waals surface area contributed by atoms with Crippen LogP contribution in [-0.4, -0.2) is 57.1 Å². The number of para-hydroxylation sites is 1. The van der Waals surface area contributed by atoms with Gasteiger partial charge in [0.25, 0.3) is 5.91 Å². The van der Waals surface area contributed by atoms with Crippen molar-refractivity contribution < 1.29 is 19.1 Å². The molecule has 0 spiro atoms. The Balaban J connectivity index is 2.59. The van der Waals surface area contributed by atoms with Gasteiger partial charge in [-0.1, -0.05) is 6.07 Å². The summed E-state index contributed by atoms with van der Waals surface area (Å²) < 4.78 is 10.5. The van der Waals surface area contributed by atoms with E-state index in [9.17, 15) is 9.59 Å². The van der Waals surface area contributed by atoms with Crippen molar-refractivity contribution in [3.63, 3.8) is 0 Å². The quantitative estimate of drug-likeness (QED) is 0.623. The smallest absolute Gasteiger partial charge is 0.336 e. The van der Waals surface area contributed by atoms with Crippen LogP contribution in [0.1, 0.15) is 0 Å². The van der Waals surface area contributed by atoms with E-state index in [1.165, 1.54) is 19.1 Å². The molecule has 22 heavy (non-hydrogen) atoms. The molecule has 2 rings (SSSR count). The molecular weight excluding hydrogens is 286 g/mol. The molecule has 118 valence electrons. The first kappa shape index (κ1) is 15.7. The lowest BCUT2D eigenvalue weighted by Gasteiger charge is -2.19. The summed E-state index contributed by atoms with van der Waals surface area (Å²) in [4.78, 5) is 29.2. The van der Waals surface area contributed by atoms with Crippen LogP contribution in [0.5, 0.6) is 11.5 Å². The molecule has 7 nitrogen and oxygen atoms in total. The van der Waals surface area contributed by atoms with Gasteiger partial charge in [-0.25, -0.2) is 9.69 Å². The van der Waals surface area contributed by atoms with Gasteiger partial charge in [0.05, 0.1) is 14.2 Å². The van der Waals surface area contributed by atoms with Crippen LogP contribution in [0, 0.1) is 0 Å². The van der Waals surface area contributed by atoms with Crippen LogP contribution in [0.2, 0.25) is 0 Å². The number of rotatable bonds is 4. The minimum absolute atomic E-state index is 0.281. The number of methoxy groups -OCH3 is 2. The van der Waals surface area contributed by atoms with Gasteiger partial charge in [0.2, 0.25) is 0 Å². The van der Waals surface area contributed by atoms with E-state index in [4.69, 9.17) is 9.47 Å². The van der Waals surface area contributed by atoms with Crippen LogP contribution in [0.3, 0.4) is 0 Å². The van der Waals surface area contributed by atoms with E-state index in [0.717, 1.165) is 4.90 Å². The van der Waals surface area contributed by atoms with Crippen molar-refractivity contribution in [2.75, 3.05) is 40.3 Å². The Morgan fingerprint density at radius 3 is 2.09 bits per heavy atom. The normalized spacial score (nSPS) is 16.5. The number of nitrogens with zero attached hydrogens (tertiary/aromatic N) is 3. The molecule has 1 saturated heterocycles. The second-order valence-corrected chi connectivity index (χ2v) is 4.97. The highest BCUT2D eigenvalue weighted by molar-refractivity contribution is 6.27. The lowest BCUT2D eigenvalue weighted by atomic mass is 10.2. The van der Waals surface area contributed by atoms with Crippen molar-refractivity contribution in [2.45, 2.75) is 0 Å². The molecule has 7 heteroatoms. The van der Waals surface area contributed by atoms with E-state index in [1.807, 2.05) is 0 Å². The first-order valence-corrected chi connectivity index (χ1v) is 6.63. The fourth-order valence-electron chi connectivity index (χ4n) is 2.23. The number of hydrogen-bond donors (Lipinski definition) is 0. The van der Waals surface area contributed by atoms with Crippen molar-refractivity contribution in [2.24, 2.45) is 0 Å². The summed E-state index contributed by atoms with van der Waals surface area (Å²) >= 11 is 0. The summed E-state index contributed by atoms with van der Waals surface area (Å²) in [6.45, 7) is 0. The van der Waals surface area contributed by atoms with Crippen LogP contribution in [0.25, 0.3) is 0 Å². The minimum Gasteiger partial charge on any atom is -0.494 e. The van der Waals surface area contributed by atoms with Crippen molar-refractivity contribution in [3.8, 4) is 11.5 Å². The van der Waals surface area contributed by atoms with Crippen LogP contribution in [0.15, 0.2) is 30.1 Å². The Hall–Kier alpha value is -2.70. The van der Waals surface area contributed by atoms with E-state index in [2.05, 4.69) is 0 Å². The zero-order valence-electron chi connectivity index (χ0n) is 13.3. The van der Waals surface area contributed by atoms with Gasteiger partial charge in [0, 0.05) is 27.3 Å². The molecule has 0 radical (unpaired) electrons. The van der Waals surface area contributed by atoms with E-state index >= 15 is 0 Å². The third-order valence-corrected chi connectivity index (χ3v) is 3.27. The molecule has 0 N–H and O–H groups in total. The standard InChI is InChI=1S/C15H19N3O4/c1-16(2)9-10-14(19)18(15(20)17(10)3)13-11(21-4)7-6-8-12(13)22-5/h6-9H,1-5H3.